The molecule has 0 amide bonds. The molecule has 0 saturated heterocycles. The predicted molar refractivity (Wildman–Crippen MR) is 168 cm³/mol. The maximum atomic E-state index is 6.77. The van der Waals surface area contributed by atoms with E-state index < -0.39 is 0 Å². The van der Waals surface area contributed by atoms with Crippen LogP contribution in [0, 0.1) is 0 Å². The number of nitrogens with zero attached hydrogens (tertiary/aromatic N) is 1. The highest BCUT2D eigenvalue weighted by Crippen LogP contribution is 2.40. The first-order valence-corrected chi connectivity index (χ1v) is 13.9. The smallest absolute Gasteiger partial charge is 0.0482 e. The Morgan fingerprint density at radius 1 is 0.421 bits per heavy atom. The number of rotatable bonds is 4. The van der Waals surface area contributed by atoms with Crippen molar-refractivity contribution in [2.45, 2.75) is 78.6 Å². The van der Waals surface area contributed by atoms with Crippen LogP contribution in [0.2, 0.25) is 5.02 Å². The molecule has 0 heterocycles. The lowest BCUT2D eigenvalue weighted by Crippen LogP contribution is -2.14. The van der Waals surface area contributed by atoms with Crippen LogP contribution in [0.5, 0.6) is 0 Å². The van der Waals surface area contributed by atoms with E-state index in [1.165, 1.54) is 16.7 Å². The molecule has 38 heavy (non-hydrogen) atoms. The van der Waals surface area contributed by atoms with Crippen molar-refractivity contribution in [1.29, 1.82) is 0 Å². The van der Waals surface area contributed by atoms with Crippen LogP contribution in [0.15, 0.2) is 91.0 Å². The third kappa shape index (κ3) is 6.33. The zero-order valence-corrected chi connectivity index (χ0v) is 25.2. The van der Waals surface area contributed by atoms with Crippen LogP contribution in [0.25, 0.3) is 11.1 Å². The molecule has 4 aromatic rings. The Bertz CT molecular complexity index is 1320. The van der Waals surface area contributed by atoms with E-state index in [1.54, 1.807) is 0 Å². The van der Waals surface area contributed by atoms with Crippen LogP contribution < -0.4 is 4.90 Å². The number of halogens is 1. The van der Waals surface area contributed by atoms with Gasteiger partial charge in [0, 0.05) is 22.1 Å². The highest BCUT2D eigenvalue weighted by atomic mass is 35.5. The summed E-state index contributed by atoms with van der Waals surface area (Å²) in [6, 6.07) is 33.1. The minimum atomic E-state index is 0.0974. The standard InChI is InChI=1S/C36H42ClN/c1-34(2,3)27-12-10-25(11-13-27)26-22-30(37)24-33(23-26)38(31-18-14-28(15-19-31)35(4,5)6)32-20-16-29(17-21-32)36(7,8)9/h10-24H,1-9H3. The quantitative estimate of drug-likeness (QED) is 0.257. The molecule has 0 radical (unpaired) electrons. The summed E-state index contributed by atoms with van der Waals surface area (Å²) in [5.41, 5.74) is 9.79. The Hall–Kier alpha value is -3.03. The summed E-state index contributed by atoms with van der Waals surface area (Å²) in [6.45, 7) is 20.2. The van der Waals surface area contributed by atoms with Crippen LogP contribution in [0.4, 0.5) is 17.1 Å². The minimum Gasteiger partial charge on any atom is -0.310 e. The van der Waals surface area contributed by atoms with Crippen molar-refractivity contribution in [3.63, 3.8) is 0 Å². The largest absolute Gasteiger partial charge is 0.310 e. The predicted octanol–water partition coefficient (Wildman–Crippen LogP) is 11.4. The molecular formula is C36H42ClN. The van der Waals surface area contributed by atoms with E-state index in [9.17, 15) is 0 Å². The molecule has 0 N–H and O–H groups in total. The third-order valence-corrected chi connectivity index (χ3v) is 7.43. The van der Waals surface area contributed by atoms with Gasteiger partial charge in [0.05, 0.1) is 0 Å². The number of anilines is 3. The van der Waals surface area contributed by atoms with Gasteiger partial charge in [0.25, 0.3) is 0 Å². The van der Waals surface area contributed by atoms with E-state index in [-0.39, 0.29) is 16.2 Å². The molecule has 2 heteroatoms. The van der Waals surface area contributed by atoms with E-state index >= 15 is 0 Å². The minimum absolute atomic E-state index is 0.0974. The van der Waals surface area contributed by atoms with Crippen molar-refractivity contribution < 1.29 is 0 Å². The Morgan fingerprint density at radius 2 is 0.789 bits per heavy atom. The van der Waals surface area contributed by atoms with Crippen LogP contribution in [0.3, 0.4) is 0 Å². The summed E-state index contributed by atoms with van der Waals surface area (Å²) in [4.78, 5) is 2.30. The van der Waals surface area contributed by atoms with Crippen molar-refractivity contribution >= 4 is 28.7 Å². The molecule has 0 aliphatic heterocycles. The van der Waals surface area contributed by atoms with Crippen LogP contribution in [0.1, 0.15) is 79.0 Å². The van der Waals surface area contributed by atoms with Crippen molar-refractivity contribution in [2.75, 3.05) is 4.90 Å². The lowest BCUT2D eigenvalue weighted by atomic mass is 9.86. The topological polar surface area (TPSA) is 3.24 Å². The van der Waals surface area contributed by atoms with Crippen molar-refractivity contribution in [3.8, 4) is 11.1 Å². The molecule has 0 aromatic heterocycles. The normalized spacial score (nSPS) is 12.5. The molecule has 4 aromatic carbocycles. The molecular weight excluding hydrogens is 482 g/mol. The number of benzene rings is 4. The van der Waals surface area contributed by atoms with Gasteiger partial charge in [-0.25, -0.2) is 0 Å². The maximum Gasteiger partial charge on any atom is 0.0482 e. The van der Waals surface area contributed by atoms with E-state index in [4.69, 9.17) is 11.6 Å². The Morgan fingerprint density at radius 3 is 1.16 bits per heavy atom. The summed E-state index contributed by atoms with van der Waals surface area (Å²) in [6.07, 6.45) is 0. The molecule has 1 nitrogen and oxygen atoms in total. The van der Waals surface area contributed by atoms with E-state index in [0.29, 0.717) is 0 Å². The summed E-state index contributed by atoms with van der Waals surface area (Å²) in [7, 11) is 0. The van der Waals surface area contributed by atoms with Crippen molar-refractivity contribution in [1.82, 2.24) is 0 Å². The highest BCUT2D eigenvalue weighted by Gasteiger charge is 2.20. The average molecular weight is 524 g/mol. The van der Waals surface area contributed by atoms with Gasteiger partial charge in [0.15, 0.2) is 0 Å². The Labute approximate surface area is 235 Å². The fourth-order valence-electron chi connectivity index (χ4n) is 4.70. The summed E-state index contributed by atoms with van der Waals surface area (Å²) in [5, 5.41) is 0.722. The van der Waals surface area contributed by atoms with Gasteiger partial charge in [-0.05, 0) is 86.5 Å². The molecule has 0 unspecified atom stereocenters. The van der Waals surface area contributed by atoms with E-state index in [1.807, 2.05) is 0 Å². The average Bonchev–Trinajstić information content (AvgIpc) is 2.83. The first-order valence-electron chi connectivity index (χ1n) is 13.6. The Balaban J connectivity index is 1.83. The summed E-state index contributed by atoms with van der Waals surface area (Å²) < 4.78 is 0. The lowest BCUT2D eigenvalue weighted by Gasteiger charge is -2.28. The van der Waals surface area contributed by atoms with Gasteiger partial charge in [-0.2, -0.15) is 0 Å². The fourth-order valence-corrected chi connectivity index (χ4v) is 4.93. The van der Waals surface area contributed by atoms with Crippen LogP contribution in [-0.4, -0.2) is 0 Å². The molecule has 198 valence electrons. The SMILES string of the molecule is CC(C)(C)c1ccc(-c2cc(Cl)cc(N(c3ccc(C(C)(C)C)cc3)c3ccc(C(C)(C)C)cc3)c2)cc1. The molecule has 0 aliphatic rings. The highest BCUT2D eigenvalue weighted by molar-refractivity contribution is 6.31. The molecule has 0 fully saturated rings. The number of hydrogen-bond acceptors (Lipinski definition) is 1. The lowest BCUT2D eigenvalue weighted by molar-refractivity contribution is 0.590. The van der Waals surface area contributed by atoms with Gasteiger partial charge in [0.2, 0.25) is 0 Å². The van der Waals surface area contributed by atoms with Crippen molar-refractivity contribution in [3.05, 3.63) is 113 Å². The maximum absolute atomic E-state index is 6.77. The van der Waals surface area contributed by atoms with Gasteiger partial charge < -0.3 is 4.90 Å². The second kappa shape index (κ2) is 10.3. The molecule has 0 aliphatic carbocycles. The van der Waals surface area contributed by atoms with Gasteiger partial charge >= 0.3 is 0 Å². The van der Waals surface area contributed by atoms with Gasteiger partial charge in [-0.15, -0.1) is 0 Å². The van der Waals surface area contributed by atoms with Crippen LogP contribution in [-0.2, 0) is 16.2 Å². The van der Waals surface area contributed by atoms with E-state index in [0.717, 1.165) is 33.2 Å². The zero-order chi connectivity index (χ0) is 27.9. The van der Waals surface area contributed by atoms with Gasteiger partial charge in [-0.1, -0.05) is 122 Å². The molecule has 4 rings (SSSR count). The summed E-state index contributed by atoms with van der Waals surface area (Å²) >= 11 is 6.77. The second-order valence-electron chi connectivity index (χ2n) is 13.5. The fraction of sp³-hybridized carbons (Fsp3) is 0.333. The van der Waals surface area contributed by atoms with Crippen LogP contribution >= 0.6 is 11.6 Å². The number of hydrogen-bond donors (Lipinski definition) is 0. The van der Waals surface area contributed by atoms with Gasteiger partial charge in [-0.3, -0.25) is 0 Å². The summed E-state index contributed by atoms with van der Waals surface area (Å²) in [5.74, 6) is 0. The second-order valence-corrected chi connectivity index (χ2v) is 13.9. The molecule has 0 atom stereocenters. The zero-order valence-electron chi connectivity index (χ0n) is 24.5. The van der Waals surface area contributed by atoms with Crippen molar-refractivity contribution in [2.24, 2.45) is 0 Å². The third-order valence-electron chi connectivity index (χ3n) is 7.21. The monoisotopic (exact) mass is 523 g/mol. The Kier molecular flexibility index (Phi) is 7.56. The van der Waals surface area contributed by atoms with E-state index in [2.05, 4.69) is 158 Å². The first kappa shape index (κ1) is 28.0. The molecule has 0 spiro atoms. The van der Waals surface area contributed by atoms with Gasteiger partial charge in [0.1, 0.15) is 0 Å². The molecule has 0 saturated carbocycles. The molecule has 0 bridgehead atoms. The first-order chi connectivity index (χ1) is 17.6.